The topological polar surface area (TPSA) is 58.6 Å². The molecule has 2 rings (SSSR count). The summed E-state index contributed by atoms with van der Waals surface area (Å²) in [6.07, 6.45) is 0.396. The Kier molecular flexibility index (Phi) is 4.82. The highest BCUT2D eigenvalue weighted by atomic mass is 16.5. The van der Waals surface area contributed by atoms with Gasteiger partial charge < -0.3 is 15.2 Å². The highest BCUT2D eigenvalue weighted by molar-refractivity contribution is 5.91. The summed E-state index contributed by atoms with van der Waals surface area (Å²) in [5.41, 5.74) is 1.74. The second-order valence-electron chi connectivity index (χ2n) is 4.95. The molecule has 2 aromatic carbocycles. The number of hydrogen-bond donors (Lipinski definition) is 2. The highest BCUT2D eigenvalue weighted by Gasteiger charge is 2.12. The van der Waals surface area contributed by atoms with E-state index in [1.807, 2.05) is 37.3 Å². The fraction of sp³-hybridized carbons (Fsp3) is 0.235. The first-order chi connectivity index (χ1) is 10.1. The van der Waals surface area contributed by atoms with Crippen molar-refractivity contribution in [2.45, 2.75) is 19.3 Å². The molecule has 1 atom stereocenters. The standard InChI is InChI=1S/C17H19NO3/c1-12(13-6-4-3-5-7-13)10-17(20)18-14-8-9-15(19)16(11-14)21-2/h3-9,11-12,19H,10H2,1-2H3,(H,18,20)/t12-/m1/s1. The van der Waals surface area contributed by atoms with Gasteiger partial charge in [0.05, 0.1) is 7.11 Å². The van der Waals surface area contributed by atoms with Crippen LogP contribution in [0.3, 0.4) is 0 Å². The molecule has 21 heavy (non-hydrogen) atoms. The number of benzene rings is 2. The molecule has 0 radical (unpaired) electrons. The zero-order valence-corrected chi connectivity index (χ0v) is 12.2. The average molecular weight is 285 g/mol. The lowest BCUT2D eigenvalue weighted by Crippen LogP contribution is -2.14. The van der Waals surface area contributed by atoms with E-state index >= 15 is 0 Å². The van der Waals surface area contributed by atoms with Crippen LogP contribution >= 0.6 is 0 Å². The maximum atomic E-state index is 12.1. The summed E-state index contributed by atoms with van der Waals surface area (Å²) >= 11 is 0. The minimum Gasteiger partial charge on any atom is -0.504 e. The van der Waals surface area contributed by atoms with Crippen molar-refractivity contribution < 1.29 is 14.6 Å². The number of phenolic OH excluding ortho intramolecular Hbond substituents is 1. The second kappa shape index (κ2) is 6.79. The number of nitrogens with one attached hydrogen (secondary N) is 1. The smallest absolute Gasteiger partial charge is 0.224 e. The van der Waals surface area contributed by atoms with Crippen molar-refractivity contribution in [3.8, 4) is 11.5 Å². The number of rotatable bonds is 5. The number of anilines is 1. The van der Waals surface area contributed by atoms with Gasteiger partial charge in [0, 0.05) is 18.2 Å². The molecule has 0 heterocycles. The van der Waals surface area contributed by atoms with E-state index in [0.717, 1.165) is 5.56 Å². The summed E-state index contributed by atoms with van der Waals surface area (Å²) in [6.45, 7) is 2.02. The Hall–Kier alpha value is -2.49. The SMILES string of the molecule is COc1cc(NC(=O)C[C@@H](C)c2ccccc2)ccc1O. The molecule has 4 heteroatoms. The van der Waals surface area contributed by atoms with Gasteiger partial charge >= 0.3 is 0 Å². The van der Waals surface area contributed by atoms with Crippen molar-refractivity contribution in [3.63, 3.8) is 0 Å². The maximum Gasteiger partial charge on any atom is 0.224 e. The van der Waals surface area contributed by atoms with Gasteiger partial charge in [0.25, 0.3) is 0 Å². The Balaban J connectivity index is 1.99. The van der Waals surface area contributed by atoms with Crippen molar-refractivity contribution >= 4 is 11.6 Å². The van der Waals surface area contributed by atoms with Gasteiger partial charge in [-0.1, -0.05) is 37.3 Å². The number of carbonyl (C=O) groups excluding carboxylic acids is 1. The van der Waals surface area contributed by atoms with E-state index in [9.17, 15) is 9.90 Å². The molecular formula is C17H19NO3. The first-order valence-corrected chi connectivity index (χ1v) is 6.82. The van der Waals surface area contributed by atoms with Crippen LogP contribution < -0.4 is 10.1 Å². The van der Waals surface area contributed by atoms with Gasteiger partial charge in [0.15, 0.2) is 11.5 Å². The predicted molar refractivity (Wildman–Crippen MR) is 82.8 cm³/mol. The Morgan fingerprint density at radius 2 is 1.95 bits per heavy atom. The molecule has 0 aliphatic carbocycles. The lowest BCUT2D eigenvalue weighted by atomic mass is 9.97. The highest BCUT2D eigenvalue weighted by Crippen LogP contribution is 2.29. The van der Waals surface area contributed by atoms with Gasteiger partial charge in [0.1, 0.15) is 0 Å². The van der Waals surface area contributed by atoms with Crippen LogP contribution in [-0.2, 0) is 4.79 Å². The Labute approximate surface area is 124 Å². The summed E-state index contributed by atoms with van der Waals surface area (Å²) < 4.78 is 5.02. The number of methoxy groups -OCH3 is 1. The van der Waals surface area contributed by atoms with Crippen LogP contribution in [0.5, 0.6) is 11.5 Å². The minimum absolute atomic E-state index is 0.0492. The molecule has 0 saturated carbocycles. The Morgan fingerprint density at radius 3 is 2.62 bits per heavy atom. The van der Waals surface area contributed by atoms with E-state index in [1.54, 1.807) is 12.1 Å². The lowest BCUT2D eigenvalue weighted by Gasteiger charge is -2.12. The fourth-order valence-electron chi connectivity index (χ4n) is 2.14. The zero-order valence-electron chi connectivity index (χ0n) is 12.2. The summed E-state index contributed by atoms with van der Waals surface area (Å²) in [6, 6.07) is 14.7. The van der Waals surface area contributed by atoms with Crippen LogP contribution in [0.1, 0.15) is 24.8 Å². The number of amides is 1. The monoisotopic (exact) mass is 285 g/mol. The minimum atomic E-state index is -0.0703. The molecule has 2 N–H and O–H groups in total. The van der Waals surface area contributed by atoms with Crippen LogP contribution in [0, 0.1) is 0 Å². The van der Waals surface area contributed by atoms with Gasteiger partial charge in [-0.2, -0.15) is 0 Å². The van der Waals surface area contributed by atoms with E-state index in [-0.39, 0.29) is 17.6 Å². The van der Waals surface area contributed by atoms with Crippen LogP contribution in [0.2, 0.25) is 0 Å². The number of aromatic hydroxyl groups is 1. The summed E-state index contributed by atoms with van der Waals surface area (Å²) in [5, 5.41) is 12.3. The van der Waals surface area contributed by atoms with Gasteiger partial charge in [-0.15, -0.1) is 0 Å². The van der Waals surface area contributed by atoms with Crippen LogP contribution in [-0.4, -0.2) is 18.1 Å². The molecule has 0 aromatic heterocycles. The number of ether oxygens (including phenoxy) is 1. The summed E-state index contributed by atoms with van der Waals surface area (Å²) in [5.74, 6) is 0.460. The molecule has 4 nitrogen and oxygen atoms in total. The number of hydrogen-bond acceptors (Lipinski definition) is 3. The Morgan fingerprint density at radius 1 is 1.24 bits per heavy atom. The zero-order chi connectivity index (χ0) is 15.2. The molecule has 2 aromatic rings. The molecule has 0 spiro atoms. The van der Waals surface area contributed by atoms with Gasteiger partial charge in [0.2, 0.25) is 5.91 Å². The lowest BCUT2D eigenvalue weighted by molar-refractivity contribution is -0.116. The third-order valence-corrected chi connectivity index (χ3v) is 3.32. The van der Waals surface area contributed by atoms with Gasteiger partial charge in [-0.3, -0.25) is 4.79 Å². The van der Waals surface area contributed by atoms with Crippen LogP contribution in [0.25, 0.3) is 0 Å². The summed E-state index contributed by atoms with van der Waals surface area (Å²) in [7, 11) is 1.47. The largest absolute Gasteiger partial charge is 0.504 e. The molecule has 0 bridgehead atoms. The van der Waals surface area contributed by atoms with Gasteiger partial charge in [-0.05, 0) is 23.6 Å². The van der Waals surface area contributed by atoms with Crippen molar-refractivity contribution in [1.29, 1.82) is 0 Å². The maximum absolute atomic E-state index is 12.1. The van der Waals surface area contributed by atoms with E-state index in [0.29, 0.717) is 17.9 Å². The summed E-state index contributed by atoms with van der Waals surface area (Å²) in [4.78, 5) is 12.1. The van der Waals surface area contributed by atoms with E-state index in [4.69, 9.17) is 4.74 Å². The Bertz CT molecular complexity index is 611. The second-order valence-corrected chi connectivity index (χ2v) is 4.95. The quantitative estimate of drug-likeness (QED) is 0.826. The van der Waals surface area contributed by atoms with Crippen molar-refractivity contribution in [3.05, 3.63) is 54.1 Å². The molecule has 0 unspecified atom stereocenters. The molecule has 0 aliphatic rings. The average Bonchev–Trinajstić information content (AvgIpc) is 2.50. The van der Waals surface area contributed by atoms with E-state index < -0.39 is 0 Å². The molecule has 0 saturated heterocycles. The van der Waals surface area contributed by atoms with E-state index in [1.165, 1.54) is 13.2 Å². The van der Waals surface area contributed by atoms with Crippen molar-refractivity contribution in [2.75, 3.05) is 12.4 Å². The van der Waals surface area contributed by atoms with Gasteiger partial charge in [-0.25, -0.2) is 0 Å². The molecule has 0 aliphatic heterocycles. The molecule has 1 amide bonds. The number of phenols is 1. The predicted octanol–water partition coefficient (Wildman–Crippen LogP) is 3.53. The molecular weight excluding hydrogens is 266 g/mol. The van der Waals surface area contributed by atoms with Crippen molar-refractivity contribution in [1.82, 2.24) is 0 Å². The molecule has 110 valence electrons. The van der Waals surface area contributed by atoms with Crippen molar-refractivity contribution in [2.24, 2.45) is 0 Å². The fourth-order valence-corrected chi connectivity index (χ4v) is 2.14. The first-order valence-electron chi connectivity index (χ1n) is 6.82. The number of carbonyl (C=O) groups is 1. The normalized spacial score (nSPS) is 11.7. The third kappa shape index (κ3) is 3.99. The third-order valence-electron chi connectivity index (χ3n) is 3.32. The molecule has 0 fully saturated rings. The van der Waals surface area contributed by atoms with Crippen LogP contribution in [0.15, 0.2) is 48.5 Å². The first kappa shape index (κ1) is 14.9. The van der Waals surface area contributed by atoms with E-state index in [2.05, 4.69) is 5.32 Å². The van der Waals surface area contributed by atoms with Crippen LogP contribution in [0.4, 0.5) is 5.69 Å².